The molecule has 3 nitrogen and oxygen atoms in total. The lowest BCUT2D eigenvalue weighted by Crippen LogP contribution is -2.34. The highest BCUT2D eigenvalue weighted by Gasteiger charge is 2.12. The van der Waals surface area contributed by atoms with Crippen molar-refractivity contribution < 1.29 is 9.84 Å². The summed E-state index contributed by atoms with van der Waals surface area (Å²) in [5, 5.41) is 9.70. The molecule has 0 aliphatic carbocycles. The lowest BCUT2D eigenvalue weighted by atomic mass is 9.95. The number of phenolic OH excluding ortho intramolecular Hbond substituents is 1. The van der Waals surface area contributed by atoms with Crippen LogP contribution in [0.3, 0.4) is 0 Å². The Morgan fingerprint density at radius 1 is 1.40 bits per heavy atom. The van der Waals surface area contributed by atoms with E-state index in [-0.39, 0.29) is 11.3 Å². The van der Waals surface area contributed by atoms with E-state index in [1.54, 1.807) is 13.2 Å². The Hall–Kier alpha value is -1.06. The second-order valence-electron chi connectivity index (χ2n) is 4.56. The van der Waals surface area contributed by atoms with Crippen LogP contribution in [0.5, 0.6) is 5.75 Å². The van der Waals surface area contributed by atoms with E-state index in [1.807, 2.05) is 26.0 Å². The molecule has 0 atom stereocenters. The summed E-state index contributed by atoms with van der Waals surface area (Å²) in [6.45, 7) is 4.36. The third-order valence-electron chi connectivity index (χ3n) is 2.11. The lowest BCUT2D eigenvalue weighted by Gasteiger charge is -2.18. The van der Waals surface area contributed by atoms with Crippen LogP contribution in [0, 0.1) is 0 Å². The predicted molar refractivity (Wildman–Crippen MR) is 60.8 cm³/mol. The van der Waals surface area contributed by atoms with Crippen LogP contribution < -0.4 is 5.73 Å². The number of hydrogen-bond acceptors (Lipinski definition) is 3. The van der Waals surface area contributed by atoms with Gasteiger partial charge in [-0.3, -0.25) is 0 Å². The molecular formula is C12H19NO2. The van der Waals surface area contributed by atoms with Gasteiger partial charge in [-0.1, -0.05) is 12.1 Å². The highest BCUT2D eigenvalue weighted by Crippen LogP contribution is 2.21. The smallest absolute Gasteiger partial charge is 0.121 e. The Balaban J connectivity index is 2.82. The molecule has 0 fully saturated rings. The van der Waals surface area contributed by atoms with E-state index < -0.39 is 0 Å². The van der Waals surface area contributed by atoms with Crippen LogP contribution in [0.4, 0.5) is 0 Å². The molecule has 0 radical (unpaired) electrons. The Labute approximate surface area is 90.9 Å². The highest BCUT2D eigenvalue weighted by molar-refractivity contribution is 5.36. The average Bonchev–Trinajstić information content (AvgIpc) is 2.07. The number of ether oxygens (including phenoxy) is 1. The first-order chi connectivity index (χ1) is 6.92. The van der Waals surface area contributed by atoms with Crippen LogP contribution in [0.1, 0.15) is 25.0 Å². The Bertz CT molecular complexity index is 329. The molecule has 0 amide bonds. The maximum absolute atomic E-state index is 9.70. The van der Waals surface area contributed by atoms with Crippen LogP contribution in [-0.2, 0) is 17.8 Å². The first-order valence-corrected chi connectivity index (χ1v) is 5.01. The van der Waals surface area contributed by atoms with Crippen LogP contribution in [0.2, 0.25) is 0 Å². The molecule has 0 aliphatic heterocycles. The first kappa shape index (κ1) is 12.0. The summed E-state index contributed by atoms with van der Waals surface area (Å²) >= 11 is 0. The number of benzene rings is 1. The minimum Gasteiger partial charge on any atom is -0.508 e. The molecule has 1 rings (SSSR count). The minimum absolute atomic E-state index is 0.255. The summed E-state index contributed by atoms with van der Waals surface area (Å²) in [6.07, 6.45) is 0.744. The van der Waals surface area contributed by atoms with Crippen molar-refractivity contribution in [2.45, 2.75) is 32.4 Å². The van der Waals surface area contributed by atoms with Crippen LogP contribution in [0.25, 0.3) is 0 Å². The van der Waals surface area contributed by atoms with Gasteiger partial charge < -0.3 is 15.6 Å². The molecule has 0 saturated carbocycles. The van der Waals surface area contributed by atoms with Gasteiger partial charge in [0.15, 0.2) is 0 Å². The lowest BCUT2D eigenvalue weighted by molar-refractivity contribution is 0.182. The van der Waals surface area contributed by atoms with Gasteiger partial charge in [0.2, 0.25) is 0 Å². The molecule has 0 saturated heterocycles. The van der Waals surface area contributed by atoms with Crippen molar-refractivity contribution in [1.82, 2.24) is 0 Å². The van der Waals surface area contributed by atoms with Crippen molar-refractivity contribution in [3.05, 3.63) is 29.3 Å². The molecule has 15 heavy (non-hydrogen) atoms. The number of aromatic hydroxyl groups is 1. The highest BCUT2D eigenvalue weighted by atomic mass is 16.5. The maximum atomic E-state index is 9.70. The van der Waals surface area contributed by atoms with Gasteiger partial charge in [-0.2, -0.15) is 0 Å². The van der Waals surface area contributed by atoms with Crippen molar-refractivity contribution in [1.29, 1.82) is 0 Å². The number of rotatable bonds is 4. The SMILES string of the molecule is COCc1ccc(CC(C)(C)N)cc1O. The van der Waals surface area contributed by atoms with Crippen molar-refractivity contribution in [2.24, 2.45) is 5.73 Å². The van der Waals surface area contributed by atoms with Crippen molar-refractivity contribution in [3.8, 4) is 5.75 Å². The van der Waals surface area contributed by atoms with Gasteiger partial charge in [0, 0.05) is 18.2 Å². The van der Waals surface area contributed by atoms with E-state index in [0.29, 0.717) is 6.61 Å². The van der Waals surface area contributed by atoms with Gasteiger partial charge in [0.05, 0.1) is 6.61 Å². The van der Waals surface area contributed by atoms with E-state index in [9.17, 15) is 5.11 Å². The van der Waals surface area contributed by atoms with Crippen LogP contribution >= 0.6 is 0 Å². The molecule has 0 aliphatic rings. The van der Waals surface area contributed by atoms with Crippen molar-refractivity contribution in [2.75, 3.05) is 7.11 Å². The molecule has 3 N–H and O–H groups in total. The molecule has 0 bridgehead atoms. The van der Waals surface area contributed by atoms with Crippen LogP contribution in [-0.4, -0.2) is 17.8 Å². The van der Waals surface area contributed by atoms with E-state index in [2.05, 4.69) is 0 Å². The summed E-state index contributed by atoms with van der Waals surface area (Å²) < 4.78 is 4.96. The number of nitrogens with two attached hydrogens (primary N) is 1. The molecule has 3 heteroatoms. The molecule has 1 aromatic rings. The minimum atomic E-state index is -0.255. The van der Waals surface area contributed by atoms with Crippen molar-refractivity contribution in [3.63, 3.8) is 0 Å². The zero-order valence-electron chi connectivity index (χ0n) is 9.58. The third-order valence-corrected chi connectivity index (χ3v) is 2.11. The number of phenols is 1. The molecule has 0 spiro atoms. The molecule has 84 valence electrons. The predicted octanol–water partition coefficient (Wildman–Crippen LogP) is 1.82. The van der Waals surface area contributed by atoms with E-state index >= 15 is 0 Å². The van der Waals surface area contributed by atoms with Gasteiger partial charge in [0.25, 0.3) is 0 Å². The molecule has 0 unspecified atom stereocenters. The Kier molecular flexibility index (Phi) is 3.72. The summed E-state index contributed by atoms with van der Waals surface area (Å²) in [5.74, 6) is 0.276. The van der Waals surface area contributed by atoms with Crippen LogP contribution in [0.15, 0.2) is 18.2 Å². The summed E-state index contributed by atoms with van der Waals surface area (Å²) in [4.78, 5) is 0. The van der Waals surface area contributed by atoms with E-state index in [0.717, 1.165) is 17.5 Å². The second kappa shape index (κ2) is 4.64. The number of hydrogen-bond donors (Lipinski definition) is 2. The fourth-order valence-corrected chi connectivity index (χ4v) is 1.52. The molecule has 0 heterocycles. The second-order valence-corrected chi connectivity index (χ2v) is 4.56. The molecule has 1 aromatic carbocycles. The maximum Gasteiger partial charge on any atom is 0.121 e. The first-order valence-electron chi connectivity index (χ1n) is 5.01. The Morgan fingerprint density at radius 3 is 2.53 bits per heavy atom. The molecule has 0 aromatic heterocycles. The monoisotopic (exact) mass is 209 g/mol. The van der Waals surface area contributed by atoms with E-state index in [4.69, 9.17) is 10.5 Å². The number of methoxy groups -OCH3 is 1. The average molecular weight is 209 g/mol. The zero-order chi connectivity index (χ0) is 11.5. The summed E-state index contributed by atoms with van der Waals surface area (Å²) in [5.41, 5.74) is 7.50. The Morgan fingerprint density at radius 2 is 2.07 bits per heavy atom. The summed E-state index contributed by atoms with van der Waals surface area (Å²) in [7, 11) is 1.61. The third kappa shape index (κ3) is 3.90. The van der Waals surface area contributed by atoms with Gasteiger partial charge in [-0.25, -0.2) is 0 Å². The van der Waals surface area contributed by atoms with Gasteiger partial charge >= 0.3 is 0 Å². The van der Waals surface area contributed by atoms with Gasteiger partial charge in [-0.15, -0.1) is 0 Å². The van der Waals surface area contributed by atoms with Gasteiger partial charge in [0.1, 0.15) is 5.75 Å². The standard InChI is InChI=1S/C12H19NO2/c1-12(2,13)7-9-4-5-10(8-15-3)11(14)6-9/h4-6,14H,7-8,13H2,1-3H3. The van der Waals surface area contributed by atoms with Gasteiger partial charge in [-0.05, 0) is 31.9 Å². The zero-order valence-corrected chi connectivity index (χ0v) is 9.58. The largest absolute Gasteiger partial charge is 0.508 e. The summed E-state index contributed by atoms with van der Waals surface area (Å²) in [6, 6.07) is 5.60. The fourth-order valence-electron chi connectivity index (χ4n) is 1.52. The normalized spacial score (nSPS) is 11.7. The van der Waals surface area contributed by atoms with Crippen molar-refractivity contribution >= 4 is 0 Å². The van der Waals surface area contributed by atoms with E-state index in [1.165, 1.54) is 0 Å². The molecular weight excluding hydrogens is 190 g/mol. The quantitative estimate of drug-likeness (QED) is 0.795. The topological polar surface area (TPSA) is 55.5 Å². The fraction of sp³-hybridized carbons (Fsp3) is 0.500.